The van der Waals surface area contributed by atoms with E-state index in [9.17, 15) is 5.11 Å². The summed E-state index contributed by atoms with van der Waals surface area (Å²) in [5, 5.41) is 12.5. The minimum Gasteiger partial charge on any atom is -0.490 e. The van der Waals surface area contributed by atoms with Crippen LogP contribution in [-0.2, 0) is 0 Å². The predicted molar refractivity (Wildman–Crippen MR) is 93.1 cm³/mol. The lowest BCUT2D eigenvalue weighted by Crippen LogP contribution is -3.14. The van der Waals surface area contributed by atoms with Crippen LogP contribution in [0.1, 0.15) is 45.1 Å². The first-order valence-corrected chi connectivity index (χ1v) is 9.16. The van der Waals surface area contributed by atoms with Gasteiger partial charge in [-0.3, -0.25) is 0 Å². The highest BCUT2D eigenvalue weighted by Gasteiger charge is 2.24. The minimum absolute atomic E-state index is 0.374. The molecule has 0 spiro atoms. The Balaban J connectivity index is 1.70. The number of nitrogens with one attached hydrogen (secondary N) is 1. The van der Waals surface area contributed by atoms with E-state index in [-0.39, 0.29) is 0 Å². The number of likely N-dealkylation sites (tertiary alicyclic amines) is 1. The molecule has 1 aliphatic rings. The lowest BCUT2D eigenvalue weighted by molar-refractivity contribution is -0.911. The molecular weight excluding hydrogens is 288 g/mol. The molecule has 1 aromatic carbocycles. The summed E-state index contributed by atoms with van der Waals surface area (Å²) in [5.41, 5.74) is 1.21. The van der Waals surface area contributed by atoms with Gasteiger partial charge in [0, 0.05) is 12.8 Å². The minimum atomic E-state index is -0.410. The average molecular weight is 322 g/mol. The van der Waals surface area contributed by atoms with Gasteiger partial charge >= 0.3 is 0 Å². The Bertz CT molecular complexity index is 456. The molecule has 4 N–H and O–H groups in total. The molecule has 0 unspecified atom stereocenters. The zero-order chi connectivity index (χ0) is 16.7. The van der Waals surface area contributed by atoms with Crippen LogP contribution in [0, 0.1) is 0 Å². The van der Waals surface area contributed by atoms with Crippen LogP contribution in [0.5, 0.6) is 5.75 Å². The van der Waals surface area contributed by atoms with E-state index in [1.165, 1.54) is 38.0 Å². The van der Waals surface area contributed by atoms with E-state index in [4.69, 9.17) is 4.74 Å². The third kappa shape index (κ3) is 5.79. The molecule has 1 fully saturated rings. The number of aliphatic hydroxyl groups excluding tert-OH is 1. The summed E-state index contributed by atoms with van der Waals surface area (Å²) < 4.78 is 5.86. The number of ether oxygens (including phenoxy) is 1. The van der Waals surface area contributed by atoms with Gasteiger partial charge in [-0.2, -0.15) is 0 Å². The van der Waals surface area contributed by atoms with Gasteiger partial charge in [0.25, 0.3) is 0 Å². The first kappa shape index (κ1) is 18.2. The normalized spacial score (nSPS) is 23.0. The molecule has 130 valence electrons. The standard InChI is InChI=1S/C19H32N2O2/c1-4-21-11-9-16(10-12-21)20-13-17(22)14-23-19-8-6-5-7-18(19)15(2)3/h5-8,15-17,20,22H,4,9-14H2,1-3H3/p+2/t17-/m1/s1. The fourth-order valence-electron chi connectivity index (χ4n) is 3.33. The Morgan fingerprint density at radius 3 is 2.61 bits per heavy atom. The number of rotatable bonds is 8. The van der Waals surface area contributed by atoms with Crippen molar-refractivity contribution in [3.05, 3.63) is 29.8 Å². The van der Waals surface area contributed by atoms with E-state index >= 15 is 0 Å². The van der Waals surface area contributed by atoms with Crippen LogP contribution in [0.25, 0.3) is 0 Å². The van der Waals surface area contributed by atoms with E-state index < -0.39 is 6.10 Å². The van der Waals surface area contributed by atoms with Crippen LogP contribution in [0.3, 0.4) is 0 Å². The third-order valence-corrected chi connectivity index (χ3v) is 4.95. The summed E-state index contributed by atoms with van der Waals surface area (Å²) in [6.07, 6.45) is 2.10. The Hall–Kier alpha value is -1.10. The van der Waals surface area contributed by atoms with Crippen LogP contribution in [-0.4, -0.2) is 50.0 Å². The van der Waals surface area contributed by atoms with Gasteiger partial charge in [-0.25, -0.2) is 0 Å². The van der Waals surface area contributed by atoms with Crippen molar-refractivity contribution in [1.29, 1.82) is 0 Å². The van der Waals surface area contributed by atoms with Crippen molar-refractivity contribution >= 4 is 0 Å². The monoisotopic (exact) mass is 322 g/mol. The van der Waals surface area contributed by atoms with Gasteiger partial charge in [0.15, 0.2) is 0 Å². The van der Waals surface area contributed by atoms with Gasteiger partial charge in [-0.15, -0.1) is 0 Å². The molecule has 0 radical (unpaired) electrons. The van der Waals surface area contributed by atoms with Crippen molar-refractivity contribution < 1.29 is 20.1 Å². The molecule has 23 heavy (non-hydrogen) atoms. The maximum absolute atomic E-state index is 10.2. The lowest BCUT2D eigenvalue weighted by Gasteiger charge is -2.27. The lowest BCUT2D eigenvalue weighted by atomic mass is 10.0. The molecule has 2 rings (SSSR count). The van der Waals surface area contributed by atoms with Crippen LogP contribution in [0.15, 0.2) is 24.3 Å². The average Bonchev–Trinajstić information content (AvgIpc) is 2.58. The van der Waals surface area contributed by atoms with Crippen LogP contribution in [0.4, 0.5) is 0 Å². The second-order valence-corrected chi connectivity index (χ2v) is 7.07. The number of quaternary nitrogens is 2. The van der Waals surface area contributed by atoms with Gasteiger partial charge in [0.1, 0.15) is 25.0 Å². The highest BCUT2D eigenvalue weighted by molar-refractivity contribution is 5.35. The van der Waals surface area contributed by atoms with Gasteiger partial charge in [0.2, 0.25) is 0 Å². The second-order valence-electron chi connectivity index (χ2n) is 7.07. The number of aliphatic hydroxyl groups is 1. The molecule has 4 nitrogen and oxygen atoms in total. The SMILES string of the molecule is CC[NH+]1CCC([NH2+]C[C@@H](O)COc2ccccc2C(C)C)CC1. The molecule has 1 heterocycles. The van der Waals surface area contributed by atoms with Gasteiger partial charge < -0.3 is 20.1 Å². The van der Waals surface area contributed by atoms with E-state index in [1.54, 1.807) is 4.90 Å². The van der Waals surface area contributed by atoms with Crippen molar-refractivity contribution in [2.75, 3.05) is 32.8 Å². The van der Waals surface area contributed by atoms with E-state index in [1.807, 2.05) is 18.2 Å². The maximum atomic E-state index is 10.2. The third-order valence-electron chi connectivity index (χ3n) is 4.95. The number of piperidine rings is 1. The van der Waals surface area contributed by atoms with E-state index in [0.717, 1.165) is 12.3 Å². The summed E-state index contributed by atoms with van der Waals surface area (Å²) in [5.74, 6) is 1.34. The van der Waals surface area contributed by atoms with Gasteiger partial charge in [0.05, 0.1) is 25.7 Å². The molecule has 1 aliphatic heterocycles. The largest absolute Gasteiger partial charge is 0.490 e. The number of benzene rings is 1. The van der Waals surface area contributed by atoms with Crippen LogP contribution < -0.4 is 15.0 Å². The van der Waals surface area contributed by atoms with Crippen molar-refractivity contribution in [3.8, 4) is 5.75 Å². The maximum Gasteiger partial charge on any atom is 0.137 e. The Kier molecular flexibility index (Phi) is 7.34. The number of para-hydroxylation sites is 1. The van der Waals surface area contributed by atoms with E-state index in [2.05, 4.69) is 32.2 Å². The summed E-state index contributed by atoms with van der Waals surface area (Å²) in [7, 11) is 0. The molecule has 1 atom stereocenters. The summed E-state index contributed by atoms with van der Waals surface area (Å²) in [6.45, 7) is 11.5. The molecule has 0 aliphatic carbocycles. The van der Waals surface area contributed by atoms with Crippen molar-refractivity contribution in [1.82, 2.24) is 0 Å². The molecular formula is C19H34N2O2+2. The molecule has 4 heteroatoms. The smallest absolute Gasteiger partial charge is 0.137 e. The van der Waals surface area contributed by atoms with Crippen LogP contribution in [0.2, 0.25) is 0 Å². The fourth-order valence-corrected chi connectivity index (χ4v) is 3.33. The molecule has 1 aromatic rings. The summed E-state index contributed by atoms with van der Waals surface area (Å²) in [4.78, 5) is 1.71. The van der Waals surface area contributed by atoms with Gasteiger partial charge in [-0.05, 0) is 24.5 Å². The first-order chi connectivity index (χ1) is 11.1. The Labute approximate surface area is 140 Å². The fraction of sp³-hybridized carbons (Fsp3) is 0.684. The summed E-state index contributed by atoms with van der Waals surface area (Å²) in [6, 6.07) is 8.79. The Morgan fingerprint density at radius 1 is 1.26 bits per heavy atom. The van der Waals surface area contributed by atoms with Crippen LogP contribution >= 0.6 is 0 Å². The second kappa shape index (κ2) is 9.26. The molecule has 0 saturated carbocycles. The van der Waals surface area contributed by atoms with Crippen molar-refractivity contribution in [3.63, 3.8) is 0 Å². The molecule has 0 amide bonds. The zero-order valence-corrected chi connectivity index (χ0v) is 14.9. The highest BCUT2D eigenvalue weighted by Crippen LogP contribution is 2.25. The van der Waals surface area contributed by atoms with Crippen molar-refractivity contribution in [2.45, 2.75) is 51.7 Å². The number of nitrogens with two attached hydrogens (primary N) is 1. The molecule has 0 bridgehead atoms. The number of hydrogen-bond donors (Lipinski definition) is 3. The first-order valence-electron chi connectivity index (χ1n) is 9.16. The number of hydrogen-bond acceptors (Lipinski definition) is 2. The Morgan fingerprint density at radius 2 is 1.96 bits per heavy atom. The molecule has 0 aromatic heterocycles. The quantitative estimate of drug-likeness (QED) is 0.639. The summed E-state index contributed by atoms with van der Waals surface area (Å²) >= 11 is 0. The zero-order valence-electron chi connectivity index (χ0n) is 14.9. The van der Waals surface area contributed by atoms with Crippen molar-refractivity contribution in [2.24, 2.45) is 0 Å². The molecule has 1 saturated heterocycles. The predicted octanol–water partition coefficient (Wildman–Crippen LogP) is 0.180. The topological polar surface area (TPSA) is 50.5 Å². The van der Waals surface area contributed by atoms with E-state index in [0.29, 0.717) is 18.6 Å². The highest BCUT2D eigenvalue weighted by atomic mass is 16.5. The van der Waals surface area contributed by atoms with Gasteiger partial charge in [-0.1, -0.05) is 32.0 Å².